The summed E-state index contributed by atoms with van der Waals surface area (Å²) in [5.74, 6) is -0.244. The molecule has 8 nitrogen and oxygen atoms in total. The van der Waals surface area contributed by atoms with Crippen molar-refractivity contribution in [2.24, 2.45) is 0 Å². The highest BCUT2D eigenvalue weighted by Crippen LogP contribution is 2.36. The van der Waals surface area contributed by atoms with Crippen molar-refractivity contribution >= 4 is 22.5 Å². The number of piperazine rings is 1. The van der Waals surface area contributed by atoms with Crippen molar-refractivity contribution in [1.29, 1.82) is 0 Å². The standard InChI is InChI=1S/C25H27F3N6O2/c1-29-25(36)19-6-7-20(21(30-19)22(27)28)34-10-8-33(9-11-34)16-4-2-14(12-16)23-31-18-5-3-15(26)13-17(18)24(35)32-23/h3,5-7,13-14,16,22H,2,4,8-12H2,1H3,(H,29,36)(H,31,32,35). The van der Waals surface area contributed by atoms with Crippen LogP contribution < -0.4 is 15.8 Å². The van der Waals surface area contributed by atoms with Crippen LogP contribution in [0.3, 0.4) is 0 Å². The van der Waals surface area contributed by atoms with Gasteiger partial charge in [-0.05, 0) is 49.6 Å². The summed E-state index contributed by atoms with van der Waals surface area (Å²) in [5, 5.41) is 2.65. The van der Waals surface area contributed by atoms with Crippen LogP contribution >= 0.6 is 0 Å². The molecule has 190 valence electrons. The predicted octanol–water partition coefficient (Wildman–Crippen LogP) is 3.21. The summed E-state index contributed by atoms with van der Waals surface area (Å²) < 4.78 is 40.9. The molecule has 11 heteroatoms. The molecular formula is C25H27F3N6O2. The van der Waals surface area contributed by atoms with E-state index in [-0.39, 0.29) is 28.3 Å². The molecule has 36 heavy (non-hydrogen) atoms. The fraction of sp³-hybridized carbons (Fsp3) is 0.440. The van der Waals surface area contributed by atoms with Crippen molar-refractivity contribution in [2.45, 2.75) is 37.6 Å². The Labute approximate surface area is 205 Å². The molecule has 2 aromatic heterocycles. The van der Waals surface area contributed by atoms with Crippen LogP contribution in [0.4, 0.5) is 18.9 Å². The van der Waals surface area contributed by atoms with Gasteiger partial charge in [0.05, 0.1) is 16.6 Å². The maximum absolute atomic E-state index is 13.7. The van der Waals surface area contributed by atoms with Gasteiger partial charge in [-0.3, -0.25) is 14.5 Å². The summed E-state index contributed by atoms with van der Waals surface area (Å²) in [6.07, 6.45) is -0.131. The Kier molecular flexibility index (Phi) is 6.65. The normalized spacial score (nSPS) is 20.9. The molecule has 1 aliphatic carbocycles. The molecule has 0 bridgehead atoms. The highest BCUT2D eigenvalue weighted by Gasteiger charge is 2.34. The Morgan fingerprint density at radius 1 is 1.11 bits per heavy atom. The Balaban J connectivity index is 1.25. The van der Waals surface area contributed by atoms with Gasteiger partial charge < -0.3 is 15.2 Å². The van der Waals surface area contributed by atoms with E-state index >= 15 is 0 Å². The molecule has 1 aliphatic heterocycles. The largest absolute Gasteiger partial charge is 0.367 e. The molecule has 1 saturated heterocycles. The number of hydrogen-bond acceptors (Lipinski definition) is 6. The van der Waals surface area contributed by atoms with Gasteiger partial charge in [-0.1, -0.05) is 0 Å². The van der Waals surface area contributed by atoms with E-state index in [4.69, 9.17) is 0 Å². The topological polar surface area (TPSA) is 94.2 Å². The summed E-state index contributed by atoms with van der Waals surface area (Å²) in [6.45, 7) is 2.55. The molecule has 1 aromatic carbocycles. The number of aromatic nitrogens is 3. The van der Waals surface area contributed by atoms with E-state index in [9.17, 15) is 22.8 Å². The average molecular weight is 501 g/mol. The van der Waals surface area contributed by atoms with Crippen LogP contribution in [-0.2, 0) is 0 Å². The molecule has 0 radical (unpaired) electrons. The molecule has 2 atom stereocenters. The number of aromatic amines is 1. The van der Waals surface area contributed by atoms with Crippen LogP contribution in [0.25, 0.3) is 10.9 Å². The number of nitrogens with zero attached hydrogens (tertiary/aromatic N) is 4. The van der Waals surface area contributed by atoms with E-state index in [1.165, 1.54) is 31.3 Å². The van der Waals surface area contributed by atoms with E-state index in [1.807, 2.05) is 4.90 Å². The molecule has 2 N–H and O–H groups in total. The number of hydrogen-bond donors (Lipinski definition) is 2. The van der Waals surface area contributed by atoms with Crippen LogP contribution in [0.5, 0.6) is 0 Å². The Morgan fingerprint density at radius 3 is 2.61 bits per heavy atom. The van der Waals surface area contributed by atoms with Gasteiger partial charge in [0.25, 0.3) is 17.9 Å². The minimum absolute atomic E-state index is 0.0299. The molecule has 3 heterocycles. The van der Waals surface area contributed by atoms with Crippen molar-refractivity contribution in [3.05, 3.63) is 63.7 Å². The second kappa shape index (κ2) is 9.88. The van der Waals surface area contributed by atoms with Crippen molar-refractivity contribution in [3.8, 4) is 0 Å². The summed E-state index contributed by atoms with van der Waals surface area (Å²) in [4.78, 5) is 39.9. The quantitative estimate of drug-likeness (QED) is 0.559. The first kappa shape index (κ1) is 24.2. The summed E-state index contributed by atoms with van der Waals surface area (Å²) in [6, 6.07) is 7.35. The summed E-state index contributed by atoms with van der Waals surface area (Å²) in [5.41, 5.74) is 0.0980. The van der Waals surface area contributed by atoms with Crippen molar-refractivity contribution < 1.29 is 18.0 Å². The van der Waals surface area contributed by atoms with Crippen molar-refractivity contribution in [3.63, 3.8) is 0 Å². The molecule has 2 aliphatic rings. The number of carbonyl (C=O) groups excluding carboxylic acids is 1. The van der Waals surface area contributed by atoms with Crippen molar-refractivity contribution in [2.75, 3.05) is 38.1 Å². The molecule has 2 unspecified atom stereocenters. The van der Waals surface area contributed by atoms with E-state index in [1.54, 1.807) is 6.07 Å². The lowest BCUT2D eigenvalue weighted by Crippen LogP contribution is -2.50. The SMILES string of the molecule is CNC(=O)c1ccc(N2CCN(C3CCC(c4nc5ccc(F)cc5c(=O)[nH]4)C3)CC2)c(C(F)F)n1. The van der Waals surface area contributed by atoms with E-state index in [0.717, 1.165) is 19.3 Å². The lowest BCUT2D eigenvalue weighted by atomic mass is 10.1. The van der Waals surface area contributed by atoms with E-state index < -0.39 is 18.1 Å². The number of fused-ring (bicyclic) bond motifs is 1. The second-order valence-corrected chi connectivity index (χ2v) is 9.28. The van der Waals surface area contributed by atoms with Crippen LogP contribution in [0, 0.1) is 5.82 Å². The highest BCUT2D eigenvalue weighted by atomic mass is 19.3. The van der Waals surface area contributed by atoms with E-state index in [2.05, 4.69) is 25.2 Å². The van der Waals surface area contributed by atoms with Gasteiger partial charge in [-0.15, -0.1) is 0 Å². The predicted molar refractivity (Wildman–Crippen MR) is 129 cm³/mol. The smallest absolute Gasteiger partial charge is 0.282 e. The van der Waals surface area contributed by atoms with Gasteiger partial charge in [0.15, 0.2) is 0 Å². The molecular weight excluding hydrogens is 473 g/mol. The maximum atomic E-state index is 13.7. The zero-order valence-electron chi connectivity index (χ0n) is 19.8. The monoisotopic (exact) mass is 500 g/mol. The van der Waals surface area contributed by atoms with Gasteiger partial charge in [-0.2, -0.15) is 0 Å². The molecule has 3 aromatic rings. The minimum Gasteiger partial charge on any atom is -0.367 e. The summed E-state index contributed by atoms with van der Waals surface area (Å²) >= 11 is 0. The molecule has 0 spiro atoms. The first-order valence-corrected chi connectivity index (χ1v) is 12.0. The van der Waals surface area contributed by atoms with Crippen LogP contribution in [0.15, 0.2) is 35.1 Å². The van der Waals surface area contributed by atoms with Gasteiger partial charge in [0.1, 0.15) is 23.0 Å². The maximum Gasteiger partial charge on any atom is 0.282 e. The number of alkyl halides is 2. The molecule has 2 fully saturated rings. The fourth-order valence-electron chi connectivity index (χ4n) is 5.34. The van der Waals surface area contributed by atoms with Crippen LogP contribution in [0.1, 0.15) is 53.6 Å². The second-order valence-electron chi connectivity index (χ2n) is 9.28. The van der Waals surface area contributed by atoms with E-state index in [0.29, 0.717) is 49.2 Å². The Hall–Kier alpha value is -3.47. The highest BCUT2D eigenvalue weighted by molar-refractivity contribution is 5.92. The summed E-state index contributed by atoms with van der Waals surface area (Å²) in [7, 11) is 1.43. The number of anilines is 1. The number of nitrogens with one attached hydrogen (secondary N) is 2. The molecule has 5 rings (SSSR count). The first-order valence-electron chi connectivity index (χ1n) is 12.0. The van der Waals surface area contributed by atoms with Gasteiger partial charge in [0, 0.05) is 45.2 Å². The Morgan fingerprint density at radius 2 is 1.89 bits per heavy atom. The third kappa shape index (κ3) is 4.67. The minimum atomic E-state index is -2.79. The zero-order valence-corrected chi connectivity index (χ0v) is 19.8. The Bertz CT molecular complexity index is 1340. The van der Waals surface area contributed by atoms with Crippen LogP contribution in [0.2, 0.25) is 0 Å². The number of carbonyl (C=O) groups is 1. The van der Waals surface area contributed by atoms with Gasteiger partial charge in [0.2, 0.25) is 0 Å². The van der Waals surface area contributed by atoms with Crippen LogP contribution in [-0.4, -0.2) is 65.0 Å². The van der Waals surface area contributed by atoms with Gasteiger partial charge >= 0.3 is 0 Å². The first-order chi connectivity index (χ1) is 17.3. The zero-order chi connectivity index (χ0) is 25.4. The number of H-pyrrole nitrogens is 1. The third-order valence-corrected chi connectivity index (χ3v) is 7.22. The number of benzene rings is 1. The average Bonchev–Trinajstić information content (AvgIpc) is 3.39. The third-order valence-electron chi connectivity index (χ3n) is 7.22. The molecule has 1 saturated carbocycles. The molecule has 1 amide bonds. The lowest BCUT2D eigenvalue weighted by molar-refractivity contribution is 0.0956. The number of rotatable bonds is 5. The lowest BCUT2D eigenvalue weighted by Gasteiger charge is -2.39. The number of halogens is 3. The van der Waals surface area contributed by atoms with Crippen molar-refractivity contribution in [1.82, 2.24) is 25.2 Å². The van der Waals surface area contributed by atoms with Gasteiger partial charge in [-0.25, -0.2) is 23.1 Å². The number of amides is 1. The fourth-order valence-corrected chi connectivity index (χ4v) is 5.34. The number of pyridine rings is 1.